The normalized spacial score (nSPS) is 14.3. The van der Waals surface area contributed by atoms with E-state index in [1.54, 1.807) is 29.2 Å². The van der Waals surface area contributed by atoms with Crippen molar-refractivity contribution >= 4 is 29.4 Å². The lowest BCUT2D eigenvalue weighted by atomic mass is 9.78. The van der Waals surface area contributed by atoms with Gasteiger partial charge in [0.2, 0.25) is 5.78 Å². The lowest BCUT2D eigenvalue weighted by Gasteiger charge is -2.38. The summed E-state index contributed by atoms with van der Waals surface area (Å²) >= 11 is 0. The van der Waals surface area contributed by atoms with Gasteiger partial charge >= 0.3 is 17.9 Å². The second-order valence-corrected chi connectivity index (χ2v) is 12.0. The highest BCUT2D eigenvalue weighted by molar-refractivity contribution is 6.29. The number of fused-ring (bicyclic) bond motifs is 1. The zero-order chi connectivity index (χ0) is 32.6. The molecule has 1 aliphatic carbocycles. The highest BCUT2D eigenvalue weighted by Crippen LogP contribution is 2.43. The Morgan fingerprint density at radius 2 is 1.13 bits per heavy atom. The molecular weight excluding hydrogens is 570 g/mol. The summed E-state index contributed by atoms with van der Waals surface area (Å²) in [5, 5.41) is 30.2. The van der Waals surface area contributed by atoms with Gasteiger partial charge in [-0.15, -0.1) is 0 Å². The molecule has 0 heterocycles. The molecule has 0 spiro atoms. The molecule has 8 nitrogen and oxygen atoms in total. The molecule has 0 saturated heterocycles. The molecule has 0 saturated carbocycles. The molecule has 1 aliphatic rings. The van der Waals surface area contributed by atoms with Crippen molar-refractivity contribution in [2.45, 2.75) is 116 Å². The predicted molar refractivity (Wildman–Crippen MR) is 176 cm³/mol. The molecule has 0 aliphatic heterocycles. The number of carboxylic acid groups (broad SMARTS) is 3. The molecular formula is C37H49NO7. The molecule has 8 heteroatoms. The minimum Gasteiger partial charge on any atom is -0.478 e. The van der Waals surface area contributed by atoms with Crippen LogP contribution in [0.15, 0.2) is 59.7 Å². The van der Waals surface area contributed by atoms with E-state index < -0.39 is 40.9 Å². The number of benzene rings is 2. The summed E-state index contributed by atoms with van der Waals surface area (Å²) in [6.45, 7) is 2.61. The number of nitrogens with zero attached hydrogens (tertiary/aromatic N) is 1. The summed E-state index contributed by atoms with van der Waals surface area (Å²) in [6, 6.07) is 11.8. The summed E-state index contributed by atoms with van der Waals surface area (Å²) in [6.07, 6.45) is 19.4. The summed E-state index contributed by atoms with van der Waals surface area (Å²) < 4.78 is 0. The summed E-state index contributed by atoms with van der Waals surface area (Å²) in [5.41, 5.74) is -1.15. The fourth-order valence-corrected chi connectivity index (χ4v) is 6.39. The van der Waals surface area contributed by atoms with E-state index in [2.05, 4.69) is 6.92 Å². The maximum absolute atomic E-state index is 13.3. The first-order valence-electron chi connectivity index (χ1n) is 16.7. The van der Waals surface area contributed by atoms with Gasteiger partial charge in [0, 0.05) is 23.4 Å². The van der Waals surface area contributed by atoms with Gasteiger partial charge in [0.15, 0.2) is 0 Å². The lowest BCUT2D eigenvalue weighted by Crippen LogP contribution is -2.40. The van der Waals surface area contributed by atoms with E-state index in [0.29, 0.717) is 18.7 Å². The van der Waals surface area contributed by atoms with E-state index in [-0.39, 0.29) is 16.7 Å². The first kappa shape index (κ1) is 35.5. The zero-order valence-corrected chi connectivity index (χ0v) is 26.6. The third-order valence-corrected chi connectivity index (χ3v) is 8.72. The van der Waals surface area contributed by atoms with Crippen LogP contribution in [0.4, 0.5) is 5.69 Å². The molecule has 3 N–H and O–H groups in total. The number of anilines is 1. The number of carbonyl (C=O) groups excluding carboxylic acids is 1. The second kappa shape index (κ2) is 18.8. The van der Waals surface area contributed by atoms with Crippen LogP contribution < -0.4 is 4.90 Å². The van der Waals surface area contributed by atoms with Gasteiger partial charge in [0.25, 0.3) is 0 Å². The first-order valence-corrected chi connectivity index (χ1v) is 16.7. The molecule has 0 radical (unpaired) electrons. The number of carbonyl (C=O) groups is 4. The number of Topliss-reactive ketones (excluding diaryl/α,β-unsaturated/α-hetero) is 1. The summed E-state index contributed by atoms with van der Waals surface area (Å²) in [7, 11) is 0. The molecule has 0 bridgehead atoms. The number of aromatic carboxylic acids is 1. The van der Waals surface area contributed by atoms with Gasteiger partial charge in [-0.05, 0) is 24.6 Å². The Morgan fingerprint density at radius 1 is 0.622 bits per heavy atom. The van der Waals surface area contributed by atoms with Crippen LogP contribution in [-0.2, 0) is 9.59 Å². The summed E-state index contributed by atoms with van der Waals surface area (Å²) in [5.74, 6) is -5.53. The van der Waals surface area contributed by atoms with Gasteiger partial charge in [-0.1, -0.05) is 134 Å². The van der Waals surface area contributed by atoms with Crippen LogP contribution in [0.25, 0.3) is 0 Å². The highest BCUT2D eigenvalue weighted by Gasteiger charge is 2.44. The molecule has 2 aromatic rings. The molecule has 1 atom stereocenters. The van der Waals surface area contributed by atoms with Crippen LogP contribution in [0, 0.1) is 0 Å². The summed E-state index contributed by atoms with van der Waals surface area (Å²) in [4.78, 5) is 52.2. The lowest BCUT2D eigenvalue weighted by molar-refractivity contribution is -0.136. The molecule has 2 aromatic carbocycles. The number of ketones is 1. The van der Waals surface area contributed by atoms with E-state index in [1.807, 2.05) is 6.07 Å². The average Bonchev–Trinajstić information content (AvgIpc) is 3.02. The van der Waals surface area contributed by atoms with Gasteiger partial charge < -0.3 is 20.2 Å². The Hall–Kier alpha value is -3.94. The van der Waals surface area contributed by atoms with E-state index in [4.69, 9.17) is 0 Å². The molecule has 244 valence electrons. The van der Waals surface area contributed by atoms with Crippen molar-refractivity contribution in [2.24, 2.45) is 0 Å². The minimum absolute atomic E-state index is 0.0118. The van der Waals surface area contributed by atoms with E-state index in [9.17, 15) is 34.5 Å². The standard InChI is InChI=1S/C37H49NO7/c1-2-3-4-5-6-7-8-9-10-11-12-13-14-15-16-20-26-38(27-22-18-17-19-23-27)33-30-28(24-21-25-29(30)35(40)41)34(39)32(37(44)45)31(33)36(42)43/h17-19,21-25,33H,2-16,20,26H2,1H3,(H,40,41)(H,42,43)(H,44,45). The zero-order valence-electron chi connectivity index (χ0n) is 26.6. The minimum atomic E-state index is -1.65. The van der Waals surface area contributed by atoms with Crippen molar-refractivity contribution in [1.29, 1.82) is 0 Å². The van der Waals surface area contributed by atoms with Crippen molar-refractivity contribution in [3.05, 3.63) is 76.4 Å². The molecule has 1 unspecified atom stereocenters. The Kier molecular flexibility index (Phi) is 14.8. The van der Waals surface area contributed by atoms with Crippen molar-refractivity contribution in [1.82, 2.24) is 0 Å². The monoisotopic (exact) mass is 619 g/mol. The number of hydrogen-bond acceptors (Lipinski definition) is 5. The SMILES string of the molecule is CCCCCCCCCCCCCCCCCCN(c1ccccc1)C1C(C(=O)O)=C(C(=O)O)C(=O)c2cccc(C(=O)O)c21. The van der Waals surface area contributed by atoms with Gasteiger partial charge in [-0.3, -0.25) is 4.79 Å². The van der Waals surface area contributed by atoms with Gasteiger partial charge in [0.1, 0.15) is 5.57 Å². The average molecular weight is 620 g/mol. The molecule has 0 fully saturated rings. The highest BCUT2D eigenvalue weighted by atomic mass is 16.4. The van der Waals surface area contributed by atoms with Gasteiger partial charge in [-0.25, -0.2) is 14.4 Å². The largest absolute Gasteiger partial charge is 0.478 e. The van der Waals surface area contributed by atoms with Crippen LogP contribution in [0.5, 0.6) is 0 Å². The number of para-hydroxylation sites is 1. The number of hydrogen-bond donors (Lipinski definition) is 3. The van der Waals surface area contributed by atoms with Crippen molar-refractivity contribution in [3.63, 3.8) is 0 Å². The first-order chi connectivity index (χ1) is 21.8. The van der Waals surface area contributed by atoms with Crippen molar-refractivity contribution in [2.75, 3.05) is 11.4 Å². The van der Waals surface area contributed by atoms with Crippen LogP contribution in [0.3, 0.4) is 0 Å². The van der Waals surface area contributed by atoms with Crippen molar-refractivity contribution < 1.29 is 34.5 Å². The van der Waals surface area contributed by atoms with Gasteiger partial charge in [0.05, 0.1) is 17.2 Å². The fraction of sp³-hybridized carbons (Fsp3) is 0.514. The molecule has 45 heavy (non-hydrogen) atoms. The van der Waals surface area contributed by atoms with Gasteiger partial charge in [-0.2, -0.15) is 0 Å². The smallest absolute Gasteiger partial charge is 0.340 e. The van der Waals surface area contributed by atoms with Crippen LogP contribution in [-0.4, -0.2) is 45.6 Å². The molecule has 3 rings (SSSR count). The van der Waals surface area contributed by atoms with E-state index >= 15 is 0 Å². The fourth-order valence-electron chi connectivity index (χ4n) is 6.39. The third-order valence-electron chi connectivity index (χ3n) is 8.72. The Bertz CT molecular complexity index is 1320. The van der Waals surface area contributed by atoms with Crippen LogP contribution >= 0.6 is 0 Å². The predicted octanol–water partition coefficient (Wildman–Crippen LogP) is 8.86. The third kappa shape index (κ3) is 10.0. The number of rotatable bonds is 22. The molecule has 0 aromatic heterocycles. The quantitative estimate of drug-likeness (QED) is 0.0879. The second-order valence-electron chi connectivity index (χ2n) is 12.0. The maximum Gasteiger partial charge on any atom is 0.340 e. The maximum atomic E-state index is 13.3. The van der Waals surface area contributed by atoms with Crippen LogP contribution in [0.2, 0.25) is 0 Å². The number of aliphatic carboxylic acids is 2. The van der Waals surface area contributed by atoms with Crippen LogP contribution in [0.1, 0.15) is 142 Å². The Balaban J connectivity index is 1.65. The van der Waals surface area contributed by atoms with E-state index in [1.165, 1.54) is 95.2 Å². The number of unbranched alkanes of at least 4 members (excludes halogenated alkanes) is 15. The Morgan fingerprint density at radius 3 is 1.60 bits per heavy atom. The topological polar surface area (TPSA) is 132 Å². The van der Waals surface area contributed by atoms with Crippen molar-refractivity contribution in [3.8, 4) is 0 Å². The Labute approximate surface area is 267 Å². The van der Waals surface area contributed by atoms with E-state index in [0.717, 1.165) is 19.3 Å². The molecule has 0 amide bonds. The number of carboxylic acids is 3.